The third kappa shape index (κ3) is 4.55. The van der Waals surface area contributed by atoms with E-state index in [0.717, 1.165) is 16.5 Å². The van der Waals surface area contributed by atoms with Crippen molar-refractivity contribution in [3.8, 4) is 16.6 Å². The van der Waals surface area contributed by atoms with Crippen LogP contribution in [0.25, 0.3) is 11.2 Å². The first kappa shape index (κ1) is 20.3. The van der Waals surface area contributed by atoms with Gasteiger partial charge in [0.1, 0.15) is 0 Å². The zero-order valence-corrected chi connectivity index (χ0v) is 17.0. The van der Waals surface area contributed by atoms with Gasteiger partial charge in [0.15, 0.2) is 23.2 Å². The van der Waals surface area contributed by atoms with E-state index in [9.17, 15) is 14.7 Å². The number of nitrogens with zero attached hydrogens (tertiary/aromatic N) is 2. The van der Waals surface area contributed by atoms with Crippen molar-refractivity contribution in [1.82, 2.24) is 9.55 Å². The number of ketones is 1. The molecule has 2 heterocycles. The summed E-state index contributed by atoms with van der Waals surface area (Å²) in [5, 5.41) is 12.2. The molecule has 8 heteroatoms. The molecule has 3 aromatic rings. The summed E-state index contributed by atoms with van der Waals surface area (Å²) in [7, 11) is 1.44. The molecule has 1 aromatic carbocycles. The molecule has 3 rings (SSSR count). The van der Waals surface area contributed by atoms with Crippen molar-refractivity contribution >= 4 is 29.2 Å². The van der Waals surface area contributed by atoms with E-state index in [4.69, 9.17) is 9.47 Å². The van der Waals surface area contributed by atoms with E-state index < -0.39 is 5.97 Å². The topological polar surface area (TPSA) is 90.7 Å². The summed E-state index contributed by atoms with van der Waals surface area (Å²) in [6.07, 6.45) is 4.44. The van der Waals surface area contributed by atoms with E-state index in [2.05, 4.69) is 4.98 Å². The number of hydrogen-bond acceptors (Lipinski definition) is 7. The molecular formula is C21H20N2O5S. The summed E-state index contributed by atoms with van der Waals surface area (Å²) in [5.41, 5.74) is 2.78. The van der Waals surface area contributed by atoms with Crippen LogP contribution in [-0.4, -0.2) is 40.1 Å². The number of phenolic OH excluding ortho intramolecular Hbond substituents is 1. The van der Waals surface area contributed by atoms with Crippen LogP contribution in [0.2, 0.25) is 0 Å². The number of aryl methyl sites for hydroxylation is 1. The second-order valence-corrected chi connectivity index (χ2v) is 7.10. The van der Waals surface area contributed by atoms with Crippen molar-refractivity contribution in [1.29, 1.82) is 0 Å². The lowest BCUT2D eigenvalue weighted by Crippen LogP contribution is -2.13. The molecule has 0 fully saturated rings. The van der Waals surface area contributed by atoms with Crippen LogP contribution < -0.4 is 4.74 Å². The molecule has 150 valence electrons. The Bertz CT molecular complexity index is 1070. The minimum absolute atomic E-state index is 0.00757. The van der Waals surface area contributed by atoms with Crippen molar-refractivity contribution in [3.63, 3.8) is 0 Å². The predicted octanol–water partition coefficient (Wildman–Crippen LogP) is 3.70. The van der Waals surface area contributed by atoms with Gasteiger partial charge in [0, 0.05) is 34.6 Å². The highest BCUT2D eigenvalue weighted by Crippen LogP contribution is 2.26. The number of methoxy groups -OCH3 is 1. The maximum Gasteiger partial charge on any atom is 0.331 e. The van der Waals surface area contributed by atoms with E-state index in [0.29, 0.717) is 16.9 Å². The minimum Gasteiger partial charge on any atom is -0.504 e. The number of aromatic hydroxyl groups is 1. The smallest absolute Gasteiger partial charge is 0.331 e. The molecule has 1 N–H and O–H groups in total. The zero-order chi connectivity index (χ0) is 21.0. The fourth-order valence-electron chi connectivity index (χ4n) is 2.89. The summed E-state index contributed by atoms with van der Waals surface area (Å²) >= 11 is 1.48. The lowest BCUT2D eigenvalue weighted by atomic mass is 10.1. The van der Waals surface area contributed by atoms with Gasteiger partial charge >= 0.3 is 5.97 Å². The quantitative estimate of drug-likeness (QED) is 0.361. The third-order valence-corrected chi connectivity index (χ3v) is 5.06. The van der Waals surface area contributed by atoms with Gasteiger partial charge in [0.2, 0.25) is 5.78 Å². The fraction of sp³-hybridized carbons (Fsp3) is 0.190. The molecule has 0 spiro atoms. The average Bonchev–Trinajstić information content (AvgIpc) is 3.33. The molecule has 0 unspecified atom stereocenters. The van der Waals surface area contributed by atoms with Crippen LogP contribution in [-0.2, 0) is 9.53 Å². The predicted molar refractivity (Wildman–Crippen MR) is 110 cm³/mol. The van der Waals surface area contributed by atoms with E-state index in [1.165, 1.54) is 36.7 Å². The van der Waals surface area contributed by atoms with Crippen molar-refractivity contribution < 1.29 is 24.2 Å². The van der Waals surface area contributed by atoms with Crippen molar-refractivity contribution in [3.05, 3.63) is 64.4 Å². The van der Waals surface area contributed by atoms with Gasteiger partial charge in [-0.25, -0.2) is 9.78 Å². The van der Waals surface area contributed by atoms with Crippen LogP contribution in [0, 0.1) is 13.8 Å². The van der Waals surface area contributed by atoms with Crippen molar-refractivity contribution in [2.24, 2.45) is 0 Å². The molecular weight excluding hydrogens is 392 g/mol. The summed E-state index contributed by atoms with van der Waals surface area (Å²) < 4.78 is 12.0. The van der Waals surface area contributed by atoms with Crippen molar-refractivity contribution in [2.75, 3.05) is 13.7 Å². The lowest BCUT2D eigenvalue weighted by Gasteiger charge is -2.06. The molecule has 0 saturated heterocycles. The largest absolute Gasteiger partial charge is 0.504 e. The molecule has 0 saturated carbocycles. The number of Topliss-reactive ketones (excluding diaryl/α,β-unsaturated/α-hetero) is 1. The molecule has 0 aliphatic rings. The van der Waals surface area contributed by atoms with Crippen LogP contribution in [0.15, 0.2) is 41.9 Å². The van der Waals surface area contributed by atoms with Gasteiger partial charge in [-0.15, -0.1) is 11.3 Å². The number of carbonyl (C=O) groups excluding carboxylic acids is 2. The lowest BCUT2D eigenvalue weighted by molar-refractivity contribution is -0.136. The Morgan fingerprint density at radius 2 is 2.07 bits per heavy atom. The number of aromatic nitrogens is 2. The van der Waals surface area contributed by atoms with Gasteiger partial charge in [-0.3, -0.25) is 9.36 Å². The first-order valence-corrected chi connectivity index (χ1v) is 9.62. The first-order valence-electron chi connectivity index (χ1n) is 8.74. The van der Waals surface area contributed by atoms with E-state index in [1.807, 2.05) is 23.8 Å². The van der Waals surface area contributed by atoms with Crippen LogP contribution in [0.4, 0.5) is 0 Å². The van der Waals surface area contributed by atoms with Gasteiger partial charge in [0.05, 0.1) is 7.11 Å². The van der Waals surface area contributed by atoms with Crippen LogP contribution >= 0.6 is 11.3 Å². The second-order valence-electron chi connectivity index (χ2n) is 6.23. The van der Waals surface area contributed by atoms with Crippen LogP contribution in [0.5, 0.6) is 11.5 Å². The third-order valence-electron chi connectivity index (χ3n) is 4.30. The number of phenols is 1. The molecule has 0 aliphatic carbocycles. The molecule has 0 radical (unpaired) electrons. The Balaban J connectivity index is 1.64. The van der Waals surface area contributed by atoms with Gasteiger partial charge in [-0.2, -0.15) is 0 Å². The zero-order valence-electron chi connectivity index (χ0n) is 16.2. The summed E-state index contributed by atoms with van der Waals surface area (Å²) in [6, 6.07) is 6.44. The van der Waals surface area contributed by atoms with Gasteiger partial charge in [-0.05, 0) is 43.7 Å². The molecule has 29 heavy (non-hydrogen) atoms. The van der Waals surface area contributed by atoms with Gasteiger partial charge in [0.25, 0.3) is 0 Å². The highest BCUT2D eigenvalue weighted by molar-refractivity contribution is 7.12. The molecule has 0 amide bonds. The highest BCUT2D eigenvalue weighted by atomic mass is 32.1. The van der Waals surface area contributed by atoms with Crippen LogP contribution in [0.1, 0.15) is 27.3 Å². The maximum absolute atomic E-state index is 12.5. The van der Waals surface area contributed by atoms with E-state index >= 15 is 0 Å². The molecule has 0 aliphatic heterocycles. The van der Waals surface area contributed by atoms with E-state index in [-0.39, 0.29) is 18.1 Å². The molecule has 0 atom stereocenters. The SMILES string of the molecule is COc1cc(/C=C/C(=O)OCC(=O)c2cc(C)n(-c3nccs3)c2C)ccc1O. The minimum atomic E-state index is -0.640. The second kappa shape index (κ2) is 8.74. The van der Waals surface area contributed by atoms with Crippen LogP contribution in [0.3, 0.4) is 0 Å². The number of esters is 1. The summed E-state index contributed by atoms with van der Waals surface area (Å²) in [4.78, 5) is 28.8. The Hall–Kier alpha value is -3.39. The summed E-state index contributed by atoms with van der Waals surface area (Å²) in [6.45, 7) is 3.37. The molecule has 7 nitrogen and oxygen atoms in total. The standard InChI is InChI=1S/C21H20N2O5S/c1-13-10-16(14(2)23(13)21-22-8-9-29-21)18(25)12-28-20(26)7-5-15-4-6-17(24)19(11-15)27-3/h4-11,24H,12H2,1-3H3/b7-5+. The molecule has 0 bridgehead atoms. The average molecular weight is 412 g/mol. The summed E-state index contributed by atoms with van der Waals surface area (Å²) in [5.74, 6) is -0.618. The van der Waals surface area contributed by atoms with E-state index in [1.54, 1.807) is 24.4 Å². The number of rotatable bonds is 7. The monoisotopic (exact) mass is 412 g/mol. The Kier molecular flexibility index (Phi) is 6.13. The number of ether oxygens (including phenoxy) is 2. The Morgan fingerprint density at radius 3 is 2.76 bits per heavy atom. The number of benzene rings is 1. The number of thiazole rings is 1. The maximum atomic E-state index is 12.5. The Morgan fingerprint density at radius 1 is 1.28 bits per heavy atom. The molecule has 2 aromatic heterocycles. The first-order chi connectivity index (χ1) is 13.9. The normalized spacial score (nSPS) is 11.0. The Labute approximate surface area is 171 Å². The van der Waals surface area contributed by atoms with Gasteiger partial charge in [-0.1, -0.05) is 6.07 Å². The number of carbonyl (C=O) groups is 2. The van der Waals surface area contributed by atoms with Gasteiger partial charge < -0.3 is 14.6 Å². The number of hydrogen-bond donors (Lipinski definition) is 1. The van der Waals surface area contributed by atoms with Crippen molar-refractivity contribution in [2.45, 2.75) is 13.8 Å². The highest BCUT2D eigenvalue weighted by Gasteiger charge is 2.18. The fourth-order valence-corrected chi connectivity index (χ4v) is 3.64.